The molecule has 0 aliphatic heterocycles. The molecular formula is C11H17IO4. The third-order valence-electron chi connectivity index (χ3n) is 2.13. The number of hydrogen-bond acceptors (Lipinski definition) is 4. The second-order valence-electron chi connectivity index (χ2n) is 3.48. The lowest BCUT2D eigenvalue weighted by Gasteiger charge is -2.20. The van der Waals surface area contributed by atoms with Crippen molar-refractivity contribution < 1.29 is 19.0 Å². The van der Waals surface area contributed by atoms with Crippen molar-refractivity contribution in [1.29, 1.82) is 0 Å². The number of hydrogen-bond donors (Lipinski definition) is 0. The van der Waals surface area contributed by atoms with Gasteiger partial charge in [-0.2, -0.15) is 0 Å². The van der Waals surface area contributed by atoms with Gasteiger partial charge < -0.3 is 14.2 Å². The summed E-state index contributed by atoms with van der Waals surface area (Å²) in [5.74, 6) is -0.259. The molecule has 0 saturated heterocycles. The van der Waals surface area contributed by atoms with Crippen LogP contribution in [0.3, 0.4) is 0 Å². The van der Waals surface area contributed by atoms with Gasteiger partial charge in [-0.25, -0.2) is 0 Å². The summed E-state index contributed by atoms with van der Waals surface area (Å²) in [6.07, 6.45) is 4.11. The maximum absolute atomic E-state index is 10.8. The molecule has 0 heterocycles. The molecule has 0 fully saturated rings. The monoisotopic (exact) mass is 340 g/mol. The molecule has 0 aromatic rings. The number of halogens is 1. The van der Waals surface area contributed by atoms with Gasteiger partial charge in [-0.15, -0.1) is 0 Å². The molecule has 0 radical (unpaired) electrons. The zero-order valence-electron chi connectivity index (χ0n) is 9.52. The van der Waals surface area contributed by atoms with Crippen LogP contribution in [0.4, 0.5) is 0 Å². The van der Waals surface area contributed by atoms with E-state index in [1.165, 1.54) is 6.92 Å². The Kier molecular flexibility index (Phi) is 6.30. The zero-order chi connectivity index (χ0) is 12.0. The fraction of sp³-hybridized carbons (Fsp3) is 0.727. The number of carbonyl (C=O) groups is 1. The minimum absolute atomic E-state index is 0.0179. The smallest absolute Gasteiger partial charge is 0.303 e. The van der Waals surface area contributed by atoms with Gasteiger partial charge in [0.1, 0.15) is 6.10 Å². The highest BCUT2D eigenvalue weighted by atomic mass is 127. The molecule has 0 N–H and O–H groups in total. The molecule has 92 valence electrons. The van der Waals surface area contributed by atoms with Crippen LogP contribution in [0.25, 0.3) is 0 Å². The van der Waals surface area contributed by atoms with Gasteiger partial charge in [0.15, 0.2) is 6.29 Å². The second-order valence-corrected chi connectivity index (χ2v) is 4.36. The first kappa shape index (κ1) is 13.9. The summed E-state index contributed by atoms with van der Waals surface area (Å²) in [6, 6.07) is 0. The van der Waals surface area contributed by atoms with E-state index in [9.17, 15) is 4.79 Å². The summed E-state index contributed by atoms with van der Waals surface area (Å²) in [4.78, 5) is 10.8. The van der Waals surface area contributed by atoms with E-state index in [0.717, 1.165) is 4.43 Å². The van der Waals surface area contributed by atoms with Gasteiger partial charge >= 0.3 is 5.97 Å². The van der Waals surface area contributed by atoms with Crippen LogP contribution in [0.5, 0.6) is 0 Å². The van der Waals surface area contributed by atoms with Gasteiger partial charge in [0.2, 0.25) is 0 Å². The minimum atomic E-state index is -0.259. The van der Waals surface area contributed by atoms with Crippen LogP contribution >= 0.6 is 22.6 Å². The summed E-state index contributed by atoms with van der Waals surface area (Å²) in [5, 5.41) is 0. The van der Waals surface area contributed by atoms with Crippen molar-refractivity contribution in [3.63, 3.8) is 0 Å². The number of ether oxygens (including phenoxy) is 3. The number of alkyl halides is 1. The van der Waals surface area contributed by atoms with Crippen molar-refractivity contribution in [2.45, 2.75) is 38.8 Å². The van der Waals surface area contributed by atoms with Gasteiger partial charge in [0.25, 0.3) is 0 Å². The molecule has 4 nitrogen and oxygen atoms in total. The molecule has 0 aromatic heterocycles. The molecule has 1 aliphatic rings. The largest absolute Gasteiger partial charge is 0.458 e. The molecule has 0 saturated carbocycles. The van der Waals surface area contributed by atoms with Gasteiger partial charge in [-0.3, -0.25) is 4.79 Å². The van der Waals surface area contributed by atoms with Crippen LogP contribution < -0.4 is 0 Å². The molecule has 0 spiro atoms. The fourth-order valence-electron chi connectivity index (χ4n) is 1.54. The Labute approximate surface area is 109 Å². The van der Waals surface area contributed by atoms with Gasteiger partial charge in [-0.1, -0.05) is 28.7 Å². The topological polar surface area (TPSA) is 44.8 Å². The number of esters is 1. The van der Waals surface area contributed by atoms with Crippen molar-refractivity contribution >= 4 is 28.6 Å². The molecular weight excluding hydrogens is 323 g/mol. The summed E-state index contributed by atoms with van der Waals surface area (Å²) in [6.45, 7) is 3.99. The van der Waals surface area contributed by atoms with Gasteiger partial charge in [0.05, 0.1) is 10.5 Å². The third kappa shape index (κ3) is 4.80. The Hall–Kier alpha value is -0.140. The quantitative estimate of drug-likeness (QED) is 0.244. The average molecular weight is 340 g/mol. The molecule has 5 heteroatoms. The molecule has 1 aliphatic carbocycles. The highest BCUT2D eigenvalue weighted by Crippen LogP contribution is 2.19. The number of rotatable bonds is 6. The maximum atomic E-state index is 10.8. The average Bonchev–Trinajstić information content (AvgIpc) is 2.64. The molecule has 0 bridgehead atoms. The van der Waals surface area contributed by atoms with Crippen molar-refractivity contribution in [2.75, 3.05) is 11.0 Å². The van der Waals surface area contributed by atoms with E-state index in [4.69, 9.17) is 14.2 Å². The SMILES string of the molecule is CCOC(CI)OC1C=CC(OC(C)=O)C1. The lowest BCUT2D eigenvalue weighted by molar-refractivity contribution is -0.152. The highest BCUT2D eigenvalue weighted by molar-refractivity contribution is 14.1. The summed E-state index contributed by atoms with van der Waals surface area (Å²) >= 11 is 2.23. The Morgan fingerprint density at radius 1 is 1.50 bits per heavy atom. The Morgan fingerprint density at radius 2 is 2.19 bits per heavy atom. The van der Waals surface area contributed by atoms with E-state index in [0.29, 0.717) is 13.0 Å². The van der Waals surface area contributed by atoms with Crippen LogP contribution in [0.1, 0.15) is 20.3 Å². The predicted octanol–water partition coefficient (Wildman–Crippen LogP) is 2.06. The molecule has 3 unspecified atom stereocenters. The standard InChI is InChI=1S/C11H17IO4/c1-3-14-11(7-12)16-10-5-4-9(6-10)15-8(2)13/h4-5,9-11H,3,6-7H2,1-2H3. The van der Waals surface area contributed by atoms with Crippen LogP contribution in [-0.2, 0) is 19.0 Å². The first-order valence-corrected chi connectivity index (χ1v) is 6.86. The van der Waals surface area contributed by atoms with Crippen LogP contribution in [-0.4, -0.2) is 35.5 Å². The first-order chi connectivity index (χ1) is 7.65. The third-order valence-corrected chi connectivity index (χ3v) is 2.85. The van der Waals surface area contributed by atoms with Gasteiger partial charge in [0, 0.05) is 20.0 Å². The predicted molar refractivity (Wildman–Crippen MR) is 68.5 cm³/mol. The molecule has 3 atom stereocenters. The van der Waals surface area contributed by atoms with Crippen molar-refractivity contribution in [3.05, 3.63) is 12.2 Å². The molecule has 1 rings (SSSR count). The first-order valence-electron chi connectivity index (χ1n) is 5.34. The Balaban J connectivity index is 2.30. The van der Waals surface area contributed by atoms with E-state index >= 15 is 0 Å². The van der Waals surface area contributed by atoms with Crippen molar-refractivity contribution in [3.8, 4) is 0 Å². The van der Waals surface area contributed by atoms with Crippen LogP contribution in [0.2, 0.25) is 0 Å². The van der Waals surface area contributed by atoms with Crippen LogP contribution in [0, 0.1) is 0 Å². The Morgan fingerprint density at radius 3 is 2.75 bits per heavy atom. The van der Waals surface area contributed by atoms with Crippen molar-refractivity contribution in [1.82, 2.24) is 0 Å². The second kappa shape index (κ2) is 7.24. The van der Waals surface area contributed by atoms with Gasteiger partial charge in [-0.05, 0) is 13.0 Å². The normalized spacial score (nSPS) is 25.7. The fourth-order valence-corrected chi connectivity index (χ4v) is 2.00. The lowest BCUT2D eigenvalue weighted by Crippen LogP contribution is -2.25. The highest BCUT2D eigenvalue weighted by Gasteiger charge is 2.24. The Bertz CT molecular complexity index is 254. The minimum Gasteiger partial charge on any atom is -0.458 e. The van der Waals surface area contributed by atoms with Crippen molar-refractivity contribution in [2.24, 2.45) is 0 Å². The van der Waals surface area contributed by atoms with Crippen LogP contribution in [0.15, 0.2) is 12.2 Å². The zero-order valence-corrected chi connectivity index (χ0v) is 11.7. The van der Waals surface area contributed by atoms with E-state index in [2.05, 4.69) is 22.6 Å². The molecule has 16 heavy (non-hydrogen) atoms. The summed E-state index contributed by atoms with van der Waals surface area (Å²) < 4.78 is 17.0. The summed E-state index contributed by atoms with van der Waals surface area (Å²) in [5.41, 5.74) is 0. The lowest BCUT2D eigenvalue weighted by atomic mass is 10.3. The maximum Gasteiger partial charge on any atom is 0.303 e. The van der Waals surface area contributed by atoms with E-state index in [1.54, 1.807) is 0 Å². The number of carbonyl (C=O) groups excluding carboxylic acids is 1. The van der Waals surface area contributed by atoms with E-state index < -0.39 is 0 Å². The molecule has 0 aromatic carbocycles. The van der Waals surface area contributed by atoms with E-state index in [-0.39, 0.29) is 24.5 Å². The summed E-state index contributed by atoms with van der Waals surface area (Å²) in [7, 11) is 0. The molecule has 0 amide bonds. The van der Waals surface area contributed by atoms with E-state index in [1.807, 2.05) is 19.1 Å².